The summed E-state index contributed by atoms with van der Waals surface area (Å²) in [5, 5.41) is 3.37. The van der Waals surface area contributed by atoms with E-state index in [2.05, 4.69) is 11.4 Å². The zero-order chi connectivity index (χ0) is 26.7. The Morgan fingerprint density at radius 3 is 2.43 bits per heavy atom. The number of ether oxygens (including phenoxy) is 4. The second-order valence-electron chi connectivity index (χ2n) is 9.56. The predicted molar refractivity (Wildman–Crippen MR) is 141 cm³/mol. The Morgan fingerprint density at radius 2 is 1.76 bits per heavy atom. The van der Waals surface area contributed by atoms with Gasteiger partial charge < -0.3 is 24.3 Å². The fourth-order valence-electron chi connectivity index (χ4n) is 5.29. The number of para-hydroxylation sites is 1. The second-order valence-corrected chi connectivity index (χ2v) is 9.56. The third-order valence-electron chi connectivity index (χ3n) is 6.81. The van der Waals surface area contributed by atoms with Crippen LogP contribution in [0.3, 0.4) is 0 Å². The van der Waals surface area contributed by atoms with Gasteiger partial charge in [-0.2, -0.15) is 0 Å². The van der Waals surface area contributed by atoms with Crippen LogP contribution in [-0.2, 0) is 14.3 Å². The summed E-state index contributed by atoms with van der Waals surface area (Å²) in [5.41, 5.74) is 3.67. The van der Waals surface area contributed by atoms with Crippen LogP contribution in [0.1, 0.15) is 57.1 Å². The molecule has 7 nitrogen and oxygen atoms in total. The maximum absolute atomic E-state index is 13.9. The number of hydrogen-bond donors (Lipinski definition) is 1. The molecule has 1 heterocycles. The van der Waals surface area contributed by atoms with E-state index >= 15 is 0 Å². The molecular weight excluding hydrogens is 470 g/mol. The molecule has 196 valence electrons. The molecule has 0 amide bonds. The van der Waals surface area contributed by atoms with Crippen LogP contribution < -0.4 is 19.5 Å². The number of carbonyl (C=O) groups excluding carboxylic acids is 2. The molecule has 0 bridgehead atoms. The van der Waals surface area contributed by atoms with Crippen molar-refractivity contribution in [2.24, 2.45) is 5.92 Å². The fraction of sp³-hybridized carbons (Fsp3) is 0.400. The van der Waals surface area contributed by atoms with Crippen LogP contribution in [0.5, 0.6) is 17.2 Å². The quantitative estimate of drug-likeness (QED) is 0.489. The Bertz CT molecular complexity index is 1240. The minimum absolute atomic E-state index is 0.0448. The third kappa shape index (κ3) is 5.22. The number of rotatable bonds is 8. The van der Waals surface area contributed by atoms with Crippen molar-refractivity contribution in [1.29, 1.82) is 0 Å². The van der Waals surface area contributed by atoms with Crippen LogP contribution in [0.15, 0.2) is 65.5 Å². The number of carbonyl (C=O) groups is 2. The lowest BCUT2D eigenvalue weighted by Gasteiger charge is -2.40. The molecule has 3 atom stereocenters. The summed E-state index contributed by atoms with van der Waals surface area (Å²) in [6, 6.07) is 13.3. The molecule has 1 N–H and O–H groups in total. The van der Waals surface area contributed by atoms with Gasteiger partial charge >= 0.3 is 5.97 Å². The van der Waals surface area contributed by atoms with Gasteiger partial charge in [0.05, 0.1) is 38.4 Å². The van der Waals surface area contributed by atoms with Gasteiger partial charge in [-0.05, 0) is 51.5 Å². The number of esters is 1. The molecular formula is C30H35NO6. The number of benzene rings is 2. The van der Waals surface area contributed by atoms with E-state index in [9.17, 15) is 9.59 Å². The van der Waals surface area contributed by atoms with Gasteiger partial charge in [-0.25, -0.2) is 4.79 Å². The van der Waals surface area contributed by atoms with Gasteiger partial charge in [-0.15, -0.1) is 0 Å². The lowest BCUT2D eigenvalue weighted by molar-refractivity contribution is -0.139. The summed E-state index contributed by atoms with van der Waals surface area (Å²) in [5.74, 6) is 0.294. The molecule has 4 rings (SSSR count). The Kier molecular flexibility index (Phi) is 7.91. The van der Waals surface area contributed by atoms with Crippen molar-refractivity contribution in [2.45, 2.75) is 52.1 Å². The third-order valence-corrected chi connectivity index (χ3v) is 6.81. The fourth-order valence-corrected chi connectivity index (χ4v) is 5.29. The molecule has 0 aromatic heterocycles. The molecule has 2 aromatic rings. The molecule has 0 spiro atoms. The molecule has 1 aliphatic carbocycles. The van der Waals surface area contributed by atoms with Gasteiger partial charge in [0.25, 0.3) is 0 Å². The highest BCUT2D eigenvalue weighted by Crippen LogP contribution is 2.48. The van der Waals surface area contributed by atoms with Crippen molar-refractivity contribution >= 4 is 11.8 Å². The van der Waals surface area contributed by atoms with Gasteiger partial charge in [0.1, 0.15) is 11.5 Å². The zero-order valence-electron chi connectivity index (χ0n) is 22.3. The predicted octanol–water partition coefficient (Wildman–Crippen LogP) is 5.27. The molecule has 3 unspecified atom stereocenters. The topological polar surface area (TPSA) is 83.1 Å². The van der Waals surface area contributed by atoms with E-state index in [0.29, 0.717) is 34.9 Å². The van der Waals surface area contributed by atoms with E-state index in [1.165, 1.54) is 0 Å². The summed E-state index contributed by atoms with van der Waals surface area (Å²) >= 11 is 0. The molecule has 2 aliphatic rings. The first-order chi connectivity index (χ1) is 17.8. The van der Waals surface area contributed by atoms with Crippen LogP contribution in [0.2, 0.25) is 0 Å². The Morgan fingerprint density at radius 1 is 1.03 bits per heavy atom. The minimum Gasteiger partial charge on any atom is -0.493 e. The van der Waals surface area contributed by atoms with E-state index < -0.39 is 17.8 Å². The lowest BCUT2D eigenvalue weighted by Crippen LogP contribution is -2.42. The van der Waals surface area contributed by atoms with Crippen LogP contribution in [0.25, 0.3) is 0 Å². The molecule has 0 fully saturated rings. The molecule has 37 heavy (non-hydrogen) atoms. The SMILES string of the molecule is CCOC(=O)C1=C(C)NC2=CC(c3ccc(OC)c(OC)c3)CC(=O)C2C1c1ccccc1OC(C)C. The van der Waals surface area contributed by atoms with Gasteiger partial charge in [0, 0.05) is 35.2 Å². The zero-order valence-corrected chi connectivity index (χ0v) is 22.3. The van der Waals surface area contributed by atoms with Crippen molar-refractivity contribution in [3.8, 4) is 17.2 Å². The van der Waals surface area contributed by atoms with Crippen molar-refractivity contribution in [3.63, 3.8) is 0 Å². The first-order valence-electron chi connectivity index (χ1n) is 12.7. The summed E-state index contributed by atoms with van der Waals surface area (Å²) in [6.07, 6.45) is 2.33. The maximum atomic E-state index is 13.9. The normalized spacial score (nSPS) is 21.1. The van der Waals surface area contributed by atoms with E-state index in [0.717, 1.165) is 16.8 Å². The average molecular weight is 506 g/mol. The van der Waals surface area contributed by atoms with Crippen molar-refractivity contribution in [1.82, 2.24) is 5.32 Å². The highest BCUT2D eigenvalue weighted by atomic mass is 16.5. The van der Waals surface area contributed by atoms with Crippen molar-refractivity contribution in [2.75, 3.05) is 20.8 Å². The number of Topliss-reactive ketones (excluding diaryl/α,β-unsaturated/α-hetero) is 1. The number of allylic oxidation sites excluding steroid dienone is 3. The van der Waals surface area contributed by atoms with Crippen molar-refractivity contribution in [3.05, 3.63) is 76.6 Å². The van der Waals surface area contributed by atoms with E-state index in [1.54, 1.807) is 21.1 Å². The van der Waals surface area contributed by atoms with Gasteiger partial charge in [0.15, 0.2) is 11.5 Å². The minimum atomic E-state index is -0.559. The number of fused-ring (bicyclic) bond motifs is 1. The number of nitrogens with one attached hydrogen (secondary N) is 1. The van der Waals surface area contributed by atoms with E-state index in [-0.39, 0.29) is 24.4 Å². The number of hydrogen-bond acceptors (Lipinski definition) is 7. The number of ketones is 1. The molecule has 0 saturated heterocycles. The second kappa shape index (κ2) is 11.1. The van der Waals surface area contributed by atoms with Crippen LogP contribution in [-0.4, -0.2) is 38.7 Å². The maximum Gasteiger partial charge on any atom is 0.336 e. The largest absolute Gasteiger partial charge is 0.493 e. The van der Waals surface area contributed by atoms with Gasteiger partial charge in [0.2, 0.25) is 0 Å². The van der Waals surface area contributed by atoms with Crippen LogP contribution in [0, 0.1) is 5.92 Å². The van der Waals surface area contributed by atoms with Crippen LogP contribution in [0.4, 0.5) is 0 Å². The Labute approximate surface area is 218 Å². The molecule has 0 saturated carbocycles. The van der Waals surface area contributed by atoms with E-state index in [4.69, 9.17) is 18.9 Å². The summed E-state index contributed by atoms with van der Waals surface area (Å²) in [6.45, 7) is 7.79. The molecule has 1 aliphatic heterocycles. The summed E-state index contributed by atoms with van der Waals surface area (Å²) in [7, 11) is 3.19. The molecule has 2 aromatic carbocycles. The van der Waals surface area contributed by atoms with Gasteiger partial charge in [-0.1, -0.05) is 30.3 Å². The van der Waals surface area contributed by atoms with Gasteiger partial charge in [-0.3, -0.25) is 4.79 Å². The smallest absolute Gasteiger partial charge is 0.336 e. The first-order valence-corrected chi connectivity index (χ1v) is 12.7. The van der Waals surface area contributed by atoms with Crippen LogP contribution >= 0.6 is 0 Å². The molecule has 0 radical (unpaired) electrons. The van der Waals surface area contributed by atoms with E-state index in [1.807, 2.05) is 63.2 Å². The standard InChI is InChI=1S/C30H35NO6/c1-7-36-30(33)27-18(4)31-22-14-20(19-12-13-25(34-5)26(16-19)35-6)15-23(32)29(22)28(27)21-10-8-9-11-24(21)37-17(2)3/h8-14,16-17,20,28-29,31H,7,15H2,1-6H3. The summed E-state index contributed by atoms with van der Waals surface area (Å²) < 4.78 is 22.4. The van der Waals surface area contributed by atoms with Crippen molar-refractivity contribution < 1.29 is 28.5 Å². The highest BCUT2D eigenvalue weighted by Gasteiger charge is 2.46. The lowest BCUT2D eigenvalue weighted by atomic mass is 9.68. The molecule has 7 heteroatoms. The average Bonchev–Trinajstić information content (AvgIpc) is 2.87. The Hall–Kier alpha value is -3.74. The highest BCUT2D eigenvalue weighted by molar-refractivity contribution is 5.96. The first kappa shape index (κ1) is 26.3. The monoisotopic (exact) mass is 505 g/mol. The Balaban J connectivity index is 1.84. The summed E-state index contributed by atoms with van der Waals surface area (Å²) in [4.78, 5) is 27.1. The number of methoxy groups -OCH3 is 2.